The molecule has 1 N–H and O–H groups in total. The van der Waals surface area contributed by atoms with Gasteiger partial charge in [0, 0.05) is 30.9 Å². The van der Waals surface area contributed by atoms with Gasteiger partial charge in [0.2, 0.25) is 5.91 Å². The maximum atomic E-state index is 12.7. The molecule has 0 aliphatic carbocycles. The third-order valence-electron chi connectivity index (χ3n) is 4.42. The summed E-state index contributed by atoms with van der Waals surface area (Å²) in [4.78, 5) is 24.6. The van der Waals surface area contributed by atoms with Crippen LogP contribution in [0.2, 0.25) is 0 Å². The van der Waals surface area contributed by atoms with Gasteiger partial charge in [0.1, 0.15) is 0 Å². The first-order chi connectivity index (χ1) is 12.1. The van der Waals surface area contributed by atoms with Gasteiger partial charge in [-0.3, -0.25) is 14.8 Å². The normalized spacial score (nSPS) is 17.3. The van der Waals surface area contributed by atoms with E-state index in [-0.39, 0.29) is 17.9 Å². The molecule has 25 heavy (non-hydrogen) atoms. The number of hydrogen-bond acceptors (Lipinski definition) is 4. The monoisotopic (exact) mass is 333 g/mol. The van der Waals surface area contributed by atoms with Crippen molar-refractivity contribution in [2.24, 2.45) is 11.0 Å². The Morgan fingerprint density at radius 3 is 2.72 bits per heavy atom. The smallest absolute Gasteiger partial charge is 0.245 e. The summed E-state index contributed by atoms with van der Waals surface area (Å²) >= 11 is 0. The molecule has 0 radical (unpaired) electrons. The second kappa shape index (κ2) is 6.12. The minimum absolute atomic E-state index is 0.0193. The van der Waals surface area contributed by atoms with Crippen molar-refractivity contribution in [3.63, 3.8) is 0 Å². The fourth-order valence-electron chi connectivity index (χ4n) is 3.10. The minimum atomic E-state index is -0.125. The number of carbonyl (C=O) groups excluding carboxylic acids is 1. The number of carbonyl (C=O) groups is 1. The third kappa shape index (κ3) is 2.80. The van der Waals surface area contributed by atoms with Crippen molar-refractivity contribution in [1.82, 2.24) is 20.0 Å². The number of fused-ring (bicyclic) bond motifs is 1. The van der Waals surface area contributed by atoms with E-state index in [9.17, 15) is 4.79 Å². The summed E-state index contributed by atoms with van der Waals surface area (Å²) in [5.41, 5.74) is 4.53. The Balaban J connectivity index is 1.74. The van der Waals surface area contributed by atoms with E-state index in [1.165, 1.54) is 0 Å². The van der Waals surface area contributed by atoms with Gasteiger partial charge in [0.05, 0.1) is 28.5 Å². The second-order valence-corrected chi connectivity index (χ2v) is 6.49. The van der Waals surface area contributed by atoms with Crippen molar-refractivity contribution in [1.29, 1.82) is 0 Å². The van der Waals surface area contributed by atoms with Crippen LogP contribution < -0.4 is 0 Å². The van der Waals surface area contributed by atoms with Crippen LogP contribution in [0.1, 0.15) is 37.6 Å². The molecule has 1 amide bonds. The fourth-order valence-corrected chi connectivity index (χ4v) is 3.10. The van der Waals surface area contributed by atoms with Crippen molar-refractivity contribution in [2.75, 3.05) is 0 Å². The maximum absolute atomic E-state index is 12.7. The Hall–Kier alpha value is -3.02. The first-order valence-corrected chi connectivity index (χ1v) is 8.38. The van der Waals surface area contributed by atoms with Gasteiger partial charge in [-0.2, -0.15) is 5.10 Å². The molecule has 0 fully saturated rings. The number of nitrogens with one attached hydrogen (secondary N) is 1. The number of hydrazone groups is 1. The van der Waals surface area contributed by atoms with Gasteiger partial charge < -0.3 is 4.98 Å². The Labute approximate surface area is 145 Å². The van der Waals surface area contributed by atoms with Gasteiger partial charge in [0.15, 0.2) is 0 Å². The van der Waals surface area contributed by atoms with Crippen LogP contribution in [0.15, 0.2) is 54.0 Å². The fraction of sp³-hybridized carbons (Fsp3) is 0.263. The molecule has 0 bridgehead atoms. The average Bonchev–Trinajstić information content (AvgIpc) is 3.30. The molecular formula is C19H19N5O. The highest BCUT2D eigenvalue weighted by Crippen LogP contribution is 2.34. The standard InChI is InChI=1S/C19H19N5O/c1-12(2)19(25)24-18(11-17(23-24)14-4-3-7-20-14)13-5-6-15-16(10-13)22-9-8-21-15/h3-10,12,18,20H,11H2,1-2H3. The van der Waals surface area contributed by atoms with Crippen molar-refractivity contribution in [3.05, 3.63) is 60.2 Å². The summed E-state index contributed by atoms with van der Waals surface area (Å²) in [5.74, 6) is -0.0970. The molecule has 3 heterocycles. The molecule has 0 saturated carbocycles. The summed E-state index contributed by atoms with van der Waals surface area (Å²) in [7, 11) is 0. The highest BCUT2D eigenvalue weighted by atomic mass is 16.2. The van der Waals surface area contributed by atoms with E-state index in [4.69, 9.17) is 0 Å². The molecule has 2 aromatic heterocycles. The summed E-state index contributed by atoms with van der Waals surface area (Å²) < 4.78 is 0. The van der Waals surface area contributed by atoms with Crippen molar-refractivity contribution in [2.45, 2.75) is 26.3 Å². The van der Waals surface area contributed by atoms with Gasteiger partial charge in [0.25, 0.3) is 0 Å². The van der Waals surface area contributed by atoms with E-state index in [0.29, 0.717) is 6.42 Å². The lowest BCUT2D eigenvalue weighted by atomic mass is 9.99. The van der Waals surface area contributed by atoms with Crippen LogP contribution >= 0.6 is 0 Å². The number of nitrogens with zero attached hydrogens (tertiary/aromatic N) is 4. The van der Waals surface area contributed by atoms with Crippen molar-refractivity contribution < 1.29 is 4.79 Å². The Morgan fingerprint density at radius 1 is 1.20 bits per heavy atom. The largest absolute Gasteiger partial charge is 0.360 e. The van der Waals surface area contributed by atoms with Gasteiger partial charge in [-0.25, -0.2) is 5.01 Å². The van der Waals surface area contributed by atoms with Crippen LogP contribution in [-0.4, -0.2) is 31.6 Å². The first-order valence-electron chi connectivity index (χ1n) is 8.38. The molecule has 1 aliphatic rings. The number of benzene rings is 1. The predicted octanol–water partition coefficient (Wildman–Crippen LogP) is 3.29. The summed E-state index contributed by atoms with van der Waals surface area (Å²) in [5, 5.41) is 6.25. The SMILES string of the molecule is CC(C)C(=O)N1N=C(c2ccc[nH]2)CC1c1ccc2nccnc2c1. The quantitative estimate of drug-likeness (QED) is 0.799. The zero-order valence-corrected chi connectivity index (χ0v) is 14.2. The Bertz CT molecular complexity index is 945. The highest BCUT2D eigenvalue weighted by molar-refractivity contribution is 6.02. The lowest BCUT2D eigenvalue weighted by Crippen LogP contribution is -2.30. The molecule has 6 nitrogen and oxygen atoms in total. The molecule has 6 heteroatoms. The number of H-pyrrole nitrogens is 1. The summed E-state index contributed by atoms with van der Waals surface area (Å²) in [6, 6.07) is 9.74. The number of amides is 1. The molecule has 1 aromatic carbocycles. The van der Waals surface area contributed by atoms with Crippen molar-refractivity contribution in [3.8, 4) is 0 Å². The third-order valence-corrected chi connectivity index (χ3v) is 4.42. The van der Waals surface area contributed by atoms with Crippen LogP contribution in [0.25, 0.3) is 11.0 Å². The van der Waals surface area contributed by atoms with E-state index in [1.54, 1.807) is 17.4 Å². The lowest BCUT2D eigenvalue weighted by molar-refractivity contribution is -0.136. The van der Waals surface area contributed by atoms with E-state index in [0.717, 1.165) is 28.0 Å². The van der Waals surface area contributed by atoms with Gasteiger partial charge in [-0.15, -0.1) is 0 Å². The molecule has 1 atom stereocenters. The van der Waals surface area contributed by atoms with Crippen LogP contribution in [-0.2, 0) is 4.79 Å². The molecule has 126 valence electrons. The average molecular weight is 333 g/mol. The molecular weight excluding hydrogens is 314 g/mol. The number of rotatable bonds is 3. The second-order valence-electron chi connectivity index (χ2n) is 6.49. The van der Waals surface area contributed by atoms with Gasteiger partial charge in [-0.05, 0) is 29.8 Å². The van der Waals surface area contributed by atoms with E-state index in [2.05, 4.69) is 20.1 Å². The van der Waals surface area contributed by atoms with E-state index in [1.807, 2.05) is 50.4 Å². The maximum Gasteiger partial charge on any atom is 0.245 e. The molecule has 4 rings (SSSR count). The van der Waals surface area contributed by atoms with Crippen LogP contribution in [0.5, 0.6) is 0 Å². The van der Waals surface area contributed by atoms with Crippen LogP contribution in [0.3, 0.4) is 0 Å². The zero-order valence-electron chi connectivity index (χ0n) is 14.2. The zero-order chi connectivity index (χ0) is 17.4. The summed E-state index contributed by atoms with van der Waals surface area (Å²) in [6.07, 6.45) is 5.90. The molecule has 0 saturated heterocycles. The molecule has 1 unspecified atom stereocenters. The number of aromatic nitrogens is 3. The number of aromatic amines is 1. The lowest BCUT2D eigenvalue weighted by Gasteiger charge is -2.23. The molecule has 3 aromatic rings. The van der Waals surface area contributed by atoms with Crippen LogP contribution in [0, 0.1) is 5.92 Å². The number of hydrogen-bond donors (Lipinski definition) is 1. The minimum Gasteiger partial charge on any atom is -0.360 e. The first kappa shape index (κ1) is 15.5. The molecule has 0 spiro atoms. The topological polar surface area (TPSA) is 74.2 Å². The van der Waals surface area contributed by atoms with Gasteiger partial charge in [-0.1, -0.05) is 19.9 Å². The van der Waals surface area contributed by atoms with Crippen molar-refractivity contribution >= 4 is 22.7 Å². The van der Waals surface area contributed by atoms with Crippen LogP contribution in [0.4, 0.5) is 0 Å². The van der Waals surface area contributed by atoms with Gasteiger partial charge >= 0.3 is 0 Å². The van der Waals surface area contributed by atoms with E-state index >= 15 is 0 Å². The Kier molecular flexibility index (Phi) is 3.80. The predicted molar refractivity (Wildman–Crippen MR) is 95.9 cm³/mol. The highest BCUT2D eigenvalue weighted by Gasteiger charge is 2.34. The van der Waals surface area contributed by atoms with E-state index < -0.39 is 0 Å². The summed E-state index contributed by atoms with van der Waals surface area (Å²) in [6.45, 7) is 3.79. The Morgan fingerprint density at radius 2 is 2.00 bits per heavy atom. The molecule has 1 aliphatic heterocycles.